The van der Waals surface area contributed by atoms with Gasteiger partial charge in [-0.25, -0.2) is 0 Å². The number of hydrogen-bond donors (Lipinski definition) is 0. The van der Waals surface area contributed by atoms with Gasteiger partial charge < -0.3 is 4.90 Å². The minimum Gasteiger partial charge on any atom is -0.308 e. The van der Waals surface area contributed by atoms with E-state index in [1.165, 1.54) is 6.07 Å². The van der Waals surface area contributed by atoms with Gasteiger partial charge in [-0.2, -0.15) is 0 Å². The van der Waals surface area contributed by atoms with Crippen molar-refractivity contribution >= 4 is 17.3 Å². The highest BCUT2D eigenvalue weighted by molar-refractivity contribution is 6.08. The van der Waals surface area contributed by atoms with E-state index in [1.807, 2.05) is 24.3 Å². The molecule has 0 atom stereocenters. The summed E-state index contributed by atoms with van der Waals surface area (Å²) in [6.45, 7) is 2.26. The average molecular weight is 296 g/mol. The number of aryl methyl sites for hydroxylation is 1. The zero-order chi connectivity index (χ0) is 15.7. The van der Waals surface area contributed by atoms with Crippen molar-refractivity contribution in [3.05, 3.63) is 69.3 Å². The van der Waals surface area contributed by atoms with E-state index in [1.54, 1.807) is 24.0 Å². The topological polar surface area (TPSA) is 63.5 Å². The molecule has 0 aliphatic carbocycles. The molecule has 0 N–H and O–H groups in total. The van der Waals surface area contributed by atoms with Crippen LogP contribution in [0.25, 0.3) is 0 Å². The molecule has 22 heavy (non-hydrogen) atoms. The van der Waals surface area contributed by atoms with E-state index in [2.05, 4.69) is 0 Å². The molecule has 1 heterocycles. The summed E-state index contributed by atoms with van der Waals surface area (Å²) in [5.41, 5.74) is 2.84. The summed E-state index contributed by atoms with van der Waals surface area (Å²) in [5.74, 6) is -0.173. The monoisotopic (exact) mass is 296 g/mol. The number of para-hydroxylation sites is 1. The molecule has 2 aromatic carbocycles. The molecular formula is C17H16N2O3. The molecule has 0 bridgehead atoms. The molecule has 0 unspecified atom stereocenters. The summed E-state index contributed by atoms with van der Waals surface area (Å²) < 4.78 is 0. The number of hydrogen-bond acceptors (Lipinski definition) is 3. The Balaban J connectivity index is 2.03. The first kappa shape index (κ1) is 14.3. The average Bonchev–Trinajstić information content (AvgIpc) is 2.53. The first-order valence-electron chi connectivity index (χ1n) is 7.23. The van der Waals surface area contributed by atoms with Gasteiger partial charge in [-0.3, -0.25) is 14.9 Å². The fourth-order valence-electron chi connectivity index (χ4n) is 2.94. The van der Waals surface area contributed by atoms with Gasteiger partial charge in [0, 0.05) is 29.4 Å². The molecule has 0 fully saturated rings. The molecule has 112 valence electrons. The highest BCUT2D eigenvalue weighted by Crippen LogP contribution is 2.30. The van der Waals surface area contributed by atoms with E-state index in [0.717, 1.165) is 24.1 Å². The van der Waals surface area contributed by atoms with Crippen molar-refractivity contribution < 1.29 is 9.72 Å². The molecule has 2 aromatic rings. The number of benzene rings is 2. The first-order chi connectivity index (χ1) is 10.6. The minimum atomic E-state index is -0.448. The molecule has 5 nitrogen and oxygen atoms in total. The first-order valence-corrected chi connectivity index (χ1v) is 7.23. The Kier molecular flexibility index (Phi) is 3.63. The number of amides is 1. The van der Waals surface area contributed by atoms with E-state index in [4.69, 9.17) is 0 Å². The van der Waals surface area contributed by atoms with Gasteiger partial charge in [0.1, 0.15) is 0 Å². The third kappa shape index (κ3) is 2.35. The largest absolute Gasteiger partial charge is 0.308 e. The predicted molar refractivity (Wildman–Crippen MR) is 84.3 cm³/mol. The summed E-state index contributed by atoms with van der Waals surface area (Å²) in [6, 6.07) is 12.5. The van der Waals surface area contributed by atoms with Gasteiger partial charge in [0.2, 0.25) is 0 Å². The number of nitro benzene ring substituents is 1. The van der Waals surface area contributed by atoms with Gasteiger partial charge in [-0.05, 0) is 37.5 Å². The number of rotatable bonds is 2. The van der Waals surface area contributed by atoms with Crippen molar-refractivity contribution in [3.63, 3.8) is 0 Å². The Morgan fingerprint density at radius 2 is 1.95 bits per heavy atom. The third-order valence-electron chi connectivity index (χ3n) is 4.09. The van der Waals surface area contributed by atoms with Gasteiger partial charge in [0.15, 0.2) is 0 Å². The maximum absolute atomic E-state index is 12.9. The van der Waals surface area contributed by atoms with Crippen LogP contribution in [0, 0.1) is 17.0 Å². The standard InChI is InChI=1S/C17H16N2O3/c1-12-14(8-4-10-15(12)19(21)22)17(20)18-11-5-7-13-6-2-3-9-16(13)18/h2-4,6,8-10H,5,7,11H2,1H3. The van der Waals surface area contributed by atoms with Crippen LogP contribution in [0.3, 0.4) is 0 Å². The van der Waals surface area contributed by atoms with Crippen LogP contribution in [0.2, 0.25) is 0 Å². The summed E-state index contributed by atoms with van der Waals surface area (Å²) in [5, 5.41) is 11.1. The number of nitro groups is 1. The fraction of sp³-hybridized carbons (Fsp3) is 0.235. The normalized spacial score (nSPS) is 13.6. The molecule has 0 spiro atoms. The molecule has 0 radical (unpaired) electrons. The fourth-order valence-corrected chi connectivity index (χ4v) is 2.94. The molecule has 5 heteroatoms. The lowest BCUT2D eigenvalue weighted by atomic mass is 9.99. The predicted octanol–water partition coefficient (Wildman–Crippen LogP) is 3.50. The lowest BCUT2D eigenvalue weighted by molar-refractivity contribution is -0.385. The van der Waals surface area contributed by atoms with Crippen molar-refractivity contribution in [2.45, 2.75) is 19.8 Å². The Hall–Kier alpha value is -2.69. The maximum atomic E-state index is 12.9. The molecule has 3 rings (SSSR count). The van der Waals surface area contributed by atoms with Crippen LogP contribution in [0.15, 0.2) is 42.5 Å². The zero-order valence-corrected chi connectivity index (χ0v) is 12.3. The smallest absolute Gasteiger partial charge is 0.273 e. The molecule has 0 saturated carbocycles. The van der Waals surface area contributed by atoms with Crippen LogP contribution in [-0.2, 0) is 6.42 Å². The van der Waals surface area contributed by atoms with Gasteiger partial charge in [0.05, 0.1) is 4.92 Å². The van der Waals surface area contributed by atoms with Crippen LogP contribution >= 0.6 is 0 Å². The van der Waals surface area contributed by atoms with Crippen molar-refractivity contribution in [2.24, 2.45) is 0 Å². The van der Waals surface area contributed by atoms with Crippen molar-refractivity contribution in [1.82, 2.24) is 0 Å². The summed E-state index contributed by atoms with van der Waals surface area (Å²) >= 11 is 0. The van der Waals surface area contributed by atoms with Crippen molar-refractivity contribution in [2.75, 3.05) is 11.4 Å². The molecule has 1 amide bonds. The number of nitrogens with zero attached hydrogens (tertiary/aromatic N) is 2. The molecular weight excluding hydrogens is 280 g/mol. The number of fused-ring (bicyclic) bond motifs is 1. The maximum Gasteiger partial charge on any atom is 0.273 e. The minimum absolute atomic E-state index is 0.0175. The van der Waals surface area contributed by atoms with Crippen LogP contribution in [0.5, 0.6) is 0 Å². The third-order valence-corrected chi connectivity index (χ3v) is 4.09. The Bertz CT molecular complexity index is 755. The van der Waals surface area contributed by atoms with Crippen LogP contribution in [-0.4, -0.2) is 17.4 Å². The van der Waals surface area contributed by atoms with Crippen LogP contribution < -0.4 is 4.90 Å². The van der Waals surface area contributed by atoms with Gasteiger partial charge >= 0.3 is 0 Å². The highest BCUT2D eigenvalue weighted by Gasteiger charge is 2.26. The Labute approximate surface area is 128 Å². The molecule has 1 aliphatic rings. The van der Waals surface area contributed by atoms with E-state index >= 15 is 0 Å². The molecule has 1 aliphatic heterocycles. The van der Waals surface area contributed by atoms with E-state index in [0.29, 0.717) is 17.7 Å². The summed E-state index contributed by atoms with van der Waals surface area (Å²) in [6.07, 6.45) is 1.85. The van der Waals surface area contributed by atoms with Crippen molar-refractivity contribution in [3.8, 4) is 0 Å². The zero-order valence-electron chi connectivity index (χ0n) is 12.3. The second kappa shape index (κ2) is 5.60. The second-order valence-corrected chi connectivity index (χ2v) is 5.40. The van der Waals surface area contributed by atoms with Crippen molar-refractivity contribution in [1.29, 1.82) is 0 Å². The van der Waals surface area contributed by atoms with E-state index in [-0.39, 0.29) is 11.6 Å². The summed E-state index contributed by atoms with van der Waals surface area (Å²) in [4.78, 5) is 25.2. The Morgan fingerprint density at radius 3 is 2.73 bits per heavy atom. The number of carbonyl (C=O) groups is 1. The number of anilines is 1. The van der Waals surface area contributed by atoms with E-state index < -0.39 is 4.92 Å². The van der Waals surface area contributed by atoms with Crippen LogP contribution in [0.4, 0.5) is 11.4 Å². The number of carbonyl (C=O) groups excluding carboxylic acids is 1. The summed E-state index contributed by atoms with van der Waals surface area (Å²) in [7, 11) is 0. The molecule has 0 aromatic heterocycles. The second-order valence-electron chi connectivity index (χ2n) is 5.40. The SMILES string of the molecule is Cc1c(C(=O)N2CCCc3ccccc32)cccc1[N+](=O)[O-]. The van der Waals surface area contributed by atoms with Gasteiger partial charge in [-0.15, -0.1) is 0 Å². The molecule has 0 saturated heterocycles. The quantitative estimate of drug-likeness (QED) is 0.629. The lowest BCUT2D eigenvalue weighted by Crippen LogP contribution is -2.35. The van der Waals surface area contributed by atoms with E-state index in [9.17, 15) is 14.9 Å². The highest BCUT2D eigenvalue weighted by atomic mass is 16.6. The Morgan fingerprint density at radius 1 is 1.18 bits per heavy atom. The van der Waals surface area contributed by atoms with Gasteiger partial charge in [-0.1, -0.05) is 24.3 Å². The lowest BCUT2D eigenvalue weighted by Gasteiger charge is -2.29. The van der Waals surface area contributed by atoms with Gasteiger partial charge in [0.25, 0.3) is 11.6 Å². The van der Waals surface area contributed by atoms with Crippen LogP contribution in [0.1, 0.15) is 27.9 Å².